The second-order valence-electron chi connectivity index (χ2n) is 5.03. The molecule has 1 aromatic carbocycles. The van der Waals surface area contributed by atoms with Gasteiger partial charge < -0.3 is 10.2 Å². The zero-order valence-corrected chi connectivity index (χ0v) is 11.7. The second kappa shape index (κ2) is 6.34. The predicted molar refractivity (Wildman–Crippen MR) is 75.8 cm³/mol. The summed E-state index contributed by atoms with van der Waals surface area (Å²) in [6, 6.07) is 4.68. The van der Waals surface area contributed by atoms with Crippen LogP contribution in [-0.4, -0.2) is 40.8 Å². The lowest BCUT2D eigenvalue weighted by atomic mass is 10.2. The van der Waals surface area contributed by atoms with Crippen LogP contribution in [0.1, 0.15) is 30.1 Å². The molecule has 1 aliphatic rings. The van der Waals surface area contributed by atoms with Crippen LogP contribution in [0.2, 0.25) is 0 Å². The summed E-state index contributed by atoms with van der Waals surface area (Å²) in [5.41, 5.74) is 0.217. The monoisotopic (exact) mass is 291 g/mol. The van der Waals surface area contributed by atoms with Gasteiger partial charge >= 0.3 is 0 Å². The third kappa shape index (κ3) is 3.56. The van der Waals surface area contributed by atoms with Crippen LogP contribution in [0.5, 0.6) is 0 Å². The molecule has 2 amide bonds. The van der Waals surface area contributed by atoms with Crippen molar-refractivity contribution in [2.24, 2.45) is 0 Å². The van der Waals surface area contributed by atoms with E-state index in [0.717, 1.165) is 25.9 Å². The number of non-ortho nitro benzene ring substituents is 1. The SMILES string of the molecule is CC(NC(=O)c1ccc([N+](=O)[O-])cc1)C(=O)N1CCCC1. The number of nitro benzene ring substituents is 1. The normalized spacial score (nSPS) is 15.6. The lowest BCUT2D eigenvalue weighted by Crippen LogP contribution is -2.45. The van der Waals surface area contributed by atoms with Gasteiger partial charge in [-0.05, 0) is 31.9 Å². The van der Waals surface area contributed by atoms with Gasteiger partial charge in [0.05, 0.1) is 4.92 Å². The molecule has 0 bridgehead atoms. The summed E-state index contributed by atoms with van der Waals surface area (Å²) in [7, 11) is 0. The number of carbonyl (C=O) groups is 2. The molecule has 0 aliphatic carbocycles. The Balaban J connectivity index is 1.96. The molecule has 0 aromatic heterocycles. The van der Waals surface area contributed by atoms with Gasteiger partial charge in [-0.25, -0.2) is 0 Å². The van der Waals surface area contributed by atoms with E-state index in [9.17, 15) is 19.7 Å². The number of carbonyl (C=O) groups excluding carboxylic acids is 2. The van der Waals surface area contributed by atoms with E-state index in [-0.39, 0.29) is 11.6 Å². The summed E-state index contributed by atoms with van der Waals surface area (Å²) in [6.45, 7) is 3.11. The summed E-state index contributed by atoms with van der Waals surface area (Å²) >= 11 is 0. The largest absolute Gasteiger partial charge is 0.341 e. The molecule has 0 spiro atoms. The molecule has 7 heteroatoms. The first kappa shape index (κ1) is 15.0. The van der Waals surface area contributed by atoms with E-state index in [2.05, 4.69) is 5.32 Å². The molecule has 21 heavy (non-hydrogen) atoms. The molecule has 1 unspecified atom stereocenters. The first-order chi connectivity index (χ1) is 9.99. The molecule has 1 heterocycles. The number of nitro groups is 1. The molecule has 0 saturated carbocycles. The number of nitrogens with zero attached hydrogens (tertiary/aromatic N) is 2. The van der Waals surface area contributed by atoms with E-state index >= 15 is 0 Å². The first-order valence-corrected chi connectivity index (χ1v) is 6.83. The van der Waals surface area contributed by atoms with E-state index in [1.807, 2.05) is 0 Å². The molecule has 1 aliphatic heterocycles. The average molecular weight is 291 g/mol. The quantitative estimate of drug-likeness (QED) is 0.669. The fourth-order valence-electron chi connectivity index (χ4n) is 2.29. The lowest BCUT2D eigenvalue weighted by molar-refractivity contribution is -0.384. The van der Waals surface area contributed by atoms with Gasteiger partial charge in [-0.15, -0.1) is 0 Å². The topological polar surface area (TPSA) is 92.5 Å². The average Bonchev–Trinajstić information content (AvgIpc) is 3.00. The molecule has 1 aromatic rings. The van der Waals surface area contributed by atoms with Crippen LogP contribution < -0.4 is 5.32 Å². The van der Waals surface area contributed by atoms with Crippen LogP contribution in [0.3, 0.4) is 0 Å². The van der Waals surface area contributed by atoms with Crippen molar-refractivity contribution in [3.8, 4) is 0 Å². The van der Waals surface area contributed by atoms with E-state index < -0.39 is 16.9 Å². The highest BCUT2D eigenvalue weighted by Crippen LogP contribution is 2.13. The molecule has 2 rings (SSSR count). The number of likely N-dealkylation sites (tertiary alicyclic amines) is 1. The van der Waals surface area contributed by atoms with Crippen molar-refractivity contribution >= 4 is 17.5 Å². The number of rotatable bonds is 4. The second-order valence-corrected chi connectivity index (χ2v) is 5.03. The smallest absolute Gasteiger partial charge is 0.269 e. The summed E-state index contributed by atoms with van der Waals surface area (Å²) in [5, 5.41) is 13.2. The van der Waals surface area contributed by atoms with Crippen molar-refractivity contribution in [1.29, 1.82) is 0 Å². The van der Waals surface area contributed by atoms with Gasteiger partial charge in [0.25, 0.3) is 11.6 Å². The van der Waals surface area contributed by atoms with Crippen molar-refractivity contribution < 1.29 is 14.5 Å². The van der Waals surface area contributed by atoms with Gasteiger partial charge in [0.1, 0.15) is 6.04 Å². The van der Waals surface area contributed by atoms with Crippen LogP contribution in [0, 0.1) is 10.1 Å². The molecule has 1 atom stereocenters. The lowest BCUT2D eigenvalue weighted by Gasteiger charge is -2.21. The van der Waals surface area contributed by atoms with E-state index in [1.165, 1.54) is 24.3 Å². The van der Waals surface area contributed by atoms with Gasteiger partial charge in [-0.2, -0.15) is 0 Å². The van der Waals surface area contributed by atoms with Crippen LogP contribution in [-0.2, 0) is 4.79 Å². The van der Waals surface area contributed by atoms with Crippen LogP contribution in [0.15, 0.2) is 24.3 Å². The Morgan fingerprint density at radius 3 is 2.33 bits per heavy atom. The molecule has 0 radical (unpaired) electrons. The molecule has 112 valence electrons. The summed E-state index contributed by atoms with van der Waals surface area (Å²) < 4.78 is 0. The zero-order valence-electron chi connectivity index (χ0n) is 11.7. The van der Waals surface area contributed by atoms with Crippen molar-refractivity contribution in [2.45, 2.75) is 25.8 Å². The van der Waals surface area contributed by atoms with Gasteiger partial charge in [0.15, 0.2) is 0 Å². The summed E-state index contributed by atoms with van der Waals surface area (Å²) in [4.78, 5) is 35.8. The third-order valence-electron chi connectivity index (χ3n) is 3.48. The van der Waals surface area contributed by atoms with Crippen LogP contribution in [0.25, 0.3) is 0 Å². The summed E-state index contributed by atoms with van der Waals surface area (Å²) in [5.74, 6) is -0.507. The Kier molecular flexibility index (Phi) is 4.52. The van der Waals surface area contributed by atoms with Gasteiger partial charge in [0, 0.05) is 30.8 Å². The molecule has 1 N–H and O–H groups in total. The van der Waals surface area contributed by atoms with E-state index in [1.54, 1.807) is 11.8 Å². The Morgan fingerprint density at radius 1 is 1.24 bits per heavy atom. The number of hydrogen-bond donors (Lipinski definition) is 1. The molecule has 1 saturated heterocycles. The highest BCUT2D eigenvalue weighted by molar-refractivity contribution is 5.97. The van der Waals surface area contributed by atoms with E-state index in [0.29, 0.717) is 5.56 Å². The maximum absolute atomic E-state index is 12.1. The molecule has 1 fully saturated rings. The zero-order chi connectivity index (χ0) is 15.4. The van der Waals surface area contributed by atoms with Gasteiger partial charge in [0.2, 0.25) is 5.91 Å². The number of benzene rings is 1. The van der Waals surface area contributed by atoms with Crippen molar-refractivity contribution in [3.63, 3.8) is 0 Å². The van der Waals surface area contributed by atoms with Crippen molar-refractivity contribution in [3.05, 3.63) is 39.9 Å². The van der Waals surface area contributed by atoms with Crippen LogP contribution >= 0.6 is 0 Å². The number of nitrogens with one attached hydrogen (secondary N) is 1. The maximum Gasteiger partial charge on any atom is 0.269 e. The van der Waals surface area contributed by atoms with E-state index in [4.69, 9.17) is 0 Å². The van der Waals surface area contributed by atoms with Crippen LogP contribution in [0.4, 0.5) is 5.69 Å². The predicted octanol–water partition coefficient (Wildman–Crippen LogP) is 1.34. The highest BCUT2D eigenvalue weighted by Gasteiger charge is 2.24. The Labute approximate surface area is 122 Å². The minimum absolute atomic E-state index is 0.0762. The van der Waals surface area contributed by atoms with Crippen molar-refractivity contribution in [2.75, 3.05) is 13.1 Å². The van der Waals surface area contributed by atoms with Gasteiger partial charge in [-0.3, -0.25) is 19.7 Å². The minimum atomic E-state index is -0.606. The summed E-state index contributed by atoms with van der Waals surface area (Å²) in [6.07, 6.45) is 1.99. The maximum atomic E-state index is 12.1. The molecule has 7 nitrogen and oxygen atoms in total. The fourth-order valence-corrected chi connectivity index (χ4v) is 2.29. The minimum Gasteiger partial charge on any atom is -0.341 e. The third-order valence-corrected chi connectivity index (χ3v) is 3.48. The van der Waals surface area contributed by atoms with Crippen molar-refractivity contribution in [1.82, 2.24) is 10.2 Å². The fraction of sp³-hybridized carbons (Fsp3) is 0.429. The number of hydrogen-bond acceptors (Lipinski definition) is 4. The Bertz CT molecular complexity index is 550. The Hall–Kier alpha value is -2.44. The standard InChI is InChI=1S/C14H17N3O4/c1-10(14(19)16-8-2-3-9-16)15-13(18)11-4-6-12(7-5-11)17(20)21/h4-7,10H,2-3,8-9H2,1H3,(H,15,18). The molecular weight excluding hydrogens is 274 g/mol. The van der Waals surface area contributed by atoms with Gasteiger partial charge in [-0.1, -0.05) is 0 Å². The molecular formula is C14H17N3O4. The number of amides is 2. The highest BCUT2D eigenvalue weighted by atomic mass is 16.6. The first-order valence-electron chi connectivity index (χ1n) is 6.83. The Morgan fingerprint density at radius 2 is 1.81 bits per heavy atom.